The monoisotopic (exact) mass is 290 g/mol. The number of rotatable bonds is 5. The topological polar surface area (TPSA) is 73.0 Å². The van der Waals surface area contributed by atoms with Gasteiger partial charge in [0.1, 0.15) is 11.3 Å². The number of amides is 1. The molecule has 0 saturated heterocycles. The molecule has 6 nitrogen and oxygen atoms in total. The van der Waals surface area contributed by atoms with E-state index in [0.29, 0.717) is 23.6 Å². The number of nitrogens with one attached hydrogen (secondary N) is 1. The number of carbonyl (C=O) groups excluding carboxylic acids is 1. The Morgan fingerprint density at radius 1 is 1.38 bits per heavy atom. The van der Waals surface area contributed by atoms with E-state index < -0.39 is 0 Å². The molecule has 0 spiro atoms. The predicted molar refractivity (Wildman–Crippen MR) is 79.2 cm³/mol. The number of carbonyl (C=O) groups is 1. The Morgan fingerprint density at radius 3 is 2.62 bits per heavy atom. The van der Waals surface area contributed by atoms with Crippen LogP contribution < -0.4 is 5.32 Å². The van der Waals surface area contributed by atoms with Gasteiger partial charge in [-0.2, -0.15) is 5.10 Å². The van der Waals surface area contributed by atoms with E-state index in [1.165, 1.54) is 0 Å². The van der Waals surface area contributed by atoms with Crippen LogP contribution in [0.25, 0.3) is 0 Å². The van der Waals surface area contributed by atoms with Gasteiger partial charge < -0.3 is 9.84 Å². The molecule has 2 rings (SSSR count). The van der Waals surface area contributed by atoms with Crippen LogP contribution in [0.15, 0.2) is 10.6 Å². The summed E-state index contributed by atoms with van der Waals surface area (Å²) in [5.74, 6) is 0.704. The maximum Gasteiger partial charge on any atom is 0.256 e. The van der Waals surface area contributed by atoms with Crippen LogP contribution in [-0.4, -0.2) is 27.4 Å². The van der Waals surface area contributed by atoms with E-state index in [-0.39, 0.29) is 11.8 Å². The summed E-state index contributed by atoms with van der Waals surface area (Å²) in [5.41, 5.74) is 3.31. The van der Waals surface area contributed by atoms with Gasteiger partial charge in [0.25, 0.3) is 5.91 Å². The summed E-state index contributed by atoms with van der Waals surface area (Å²) >= 11 is 0. The highest BCUT2D eigenvalue weighted by Crippen LogP contribution is 2.12. The van der Waals surface area contributed by atoms with Crippen LogP contribution in [0.1, 0.15) is 40.1 Å². The molecule has 2 aromatic rings. The molecule has 2 aromatic heterocycles. The fraction of sp³-hybridized carbons (Fsp3) is 0.533. The third kappa shape index (κ3) is 3.51. The summed E-state index contributed by atoms with van der Waals surface area (Å²) in [6.07, 6.45) is 0. The largest absolute Gasteiger partial charge is 0.361 e. The molecule has 2 heterocycles. The minimum atomic E-state index is -0.133. The Balaban J connectivity index is 1.91. The van der Waals surface area contributed by atoms with Gasteiger partial charge in [-0.3, -0.25) is 9.48 Å². The third-order valence-corrected chi connectivity index (χ3v) is 3.46. The van der Waals surface area contributed by atoms with Gasteiger partial charge in [-0.05, 0) is 39.7 Å². The zero-order valence-corrected chi connectivity index (χ0v) is 13.2. The second kappa shape index (κ2) is 6.11. The van der Waals surface area contributed by atoms with Crippen molar-refractivity contribution < 1.29 is 9.32 Å². The molecule has 114 valence electrons. The molecule has 0 aliphatic heterocycles. The first kappa shape index (κ1) is 15.3. The molecule has 0 aliphatic carbocycles. The van der Waals surface area contributed by atoms with E-state index in [0.717, 1.165) is 17.9 Å². The van der Waals surface area contributed by atoms with Crippen LogP contribution >= 0.6 is 0 Å². The molecule has 1 atom stereocenters. The number of nitrogens with zero attached hydrogens (tertiary/aromatic N) is 3. The van der Waals surface area contributed by atoms with E-state index in [1.807, 2.05) is 18.5 Å². The van der Waals surface area contributed by atoms with E-state index in [1.54, 1.807) is 13.8 Å². The Bertz CT molecular complexity index is 623. The Hall–Kier alpha value is -2.11. The van der Waals surface area contributed by atoms with Crippen LogP contribution in [0.2, 0.25) is 0 Å². The Labute approximate surface area is 124 Å². The fourth-order valence-electron chi connectivity index (χ4n) is 2.38. The number of hydrogen-bond donors (Lipinski definition) is 1. The molecule has 1 N–H and O–H groups in total. The molecular formula is C15H22N4O2. The lowest BCUT2D eigenvalue weighted by molar-refractivity contribution is 0.0944. The minimum absolute atomic E-state index is 0.133. The fourth-order valence-corrected chi connectivity index (χ4v) is 2.38. The van der Waals surface area contributed by atoms with E-state index in [9.17, 15) is 4.79 Å². The molecule has 21 heavy (non-hydrogen) atoms. The first-order valence-electron chi connectivity index (χ1n) is 7.10. The van der Waals surface area contributed by atoms with Gasteiger partial charge in [-0.25, -0.2) is 0 Å². The normalized spacial score (nSPS) is 12.4. The molecule has 0 bridgehead atoms. The van der Waals surface area contributed by atoms with Gasteiger partial charge in [0.15, 0.2) is 0 Å². The van der Waals surface area contributed by atoms with E-state index in [4.69, 9.17) is 4.52 Å². The lowest BCUT2D eigenvalue weighted by Crippen LogP contribution is -2.30. The average molecular weight is 290 g/mol. The molecular weight excluding hydrogens is 268 g/mol. The molecule has 0 radical (unpaired) electrons. The molecule has 0 aliphatic rings. The summed E-state index contributed by atoms with van der Waals surface area (Å²) in [5, 5.41) is 11.2. The van der Waals surface area contributed by atoms with Crippen LogP contribution in [0.5, 0.6) is 0 Å². The summed E-state index contributed by atoms with van der Waals surface area (Å²) in [4.78, 5) is 12.1. The highest BCUT2D eigenvalue weighted by molar-refractivity contribution is 5.96. The summed E-state index contributed by atoms with van der Waals surface area (Å²) in [6.45, 7) is 11.0. The first-order valence-corrected chi connectivity index (χ1v) is 7.10. The molecule has 6 heteroatoms. The van der Waals surface area contributed by atoms with Crippen LogP contribution in [0, 0.1) is 33.6 Å². The van der Waals surface area contributed by atoms with Crippen molar-refractivity contribution in [1.29, 1.82) is 0 Å². The number of aromatic nitrogens is 3. The van der Waals surface area contributed by atoms with Crippen molar-refractivity contribution in [1.82, 2.24) is 20.3 Å². The van der Waals surface area contributed by atoms with Gasteiger partial charge in [0.05, 0.1) is 11.4 Å². The van der Waals surface area contributed by atoms with Crippen LogP contribution in [0.3, 0.4) is 0 Å². The lowest BCUT2D eigenvalue weighted by Gasteiger charge is -2.14. The van der Waals surface area contributed by atoms with Gasteiger partial charge in [-0.15, -0.1) is 0 Å². The van der Waals surface area contributed by atoms with E-state index >= 15 is 0 Å². The van der Waals surface area contributed by atoms with Gasteiger partial charge >= 0.3 is 0 Å². The maximum absolute atomic E-state index is 12.1. The SMILES string of the molecule is Cc1cc(C)n(C[C@@H](C)CNC(=O)c2c(C)noc2C)n1. The molecule has 1 amide bonds. The van der Waals surface area contributed by atoms with Crippen molar-refractivity contribution in [2.24, 2.45) is 5.92 Å². The second-order valence-electron chi connectivity index (χ2n) is 5.62. The average Bonchev–Trinajstić information content (AvgIpc) is 2.89. The molecule has 0 saturated carbocycles. The van der Waals surface area contributed by atoms with Crippen molar-refractivity contribution in [3.63, 3.8) is 0 Å². The minimum Gasteiger partial charge on any atom is -0.361 e. The summed E-state index contributed by atoms with van der Waals surface area (Å²) in [7, 11) is 0. The highest BCUT2D eigenvalue weighted by atomic mass is 16.5. The van der Waals surface area contributed by atoms with Crippen molar-refractivity contribution in [2.45, 2.75) is 41.2 Å². The third-order valence-electron chi connectivity index (χ3n) is 3.46. The quantitative estimate of drug-likeness (QED) is 0.916. The smallest absolute Gasteiger partial charge is 0.256 e. The zero-order valence-electron chi connectivity index (χ0n) is 13.2. The van der Waals surface area contributed by atoms with Gasteiger partial charge in [0, 0.05) is 18.8 Å². The van der Waals surface area contributed by atoms with Gasteiger partial charge in [0.2, 0.25) is 0 Å². The Morgan fingerprint density at radius 2 is 2.10 bits per heavy atom. The second-order valence-corrected chi connectivity index (χ2v) is 5.62. The molecule has 0 aromatic carbocycles. The summed E-state index contributed by atoms with van der Waals surface area (Å²) < 4.78 is 6.99. The van der Waals surface area contributed by atoms with Crippen molar-refractivity contribution in [2.75, 3.05) is 6.54 Å². The Kier molecular flexibility index (Phi) is 4.45. The number of hydrogen-bond acceptors (Lipinski definition) is 4. The standard InChI is InChI=1S/C15H22N4O2/c1-9(8-19-11(3)6-10(2)17-19)7-16-15(20)14-12(4)18-21-13(14)5/h6,9H,7-8H2,1-5H3,(H,16,20)/t9-/m0/s1. The maximum atomic E-state index is 12.1. The van der Waals surface area contributed by atoms with Crippen molar-refractivity contribution >= 4 is 5.91 Å². The predicted octanol–water partition coefficient (Wildman–Crippen LogP) is 2.17. The van der Waals surface area contributed by atoms with Crippen LogP contribution in [0.4, 0.5) is 0 Å². The molecule has 0 unspecified atom stereocenters. The van der Waals surface area contributed by atoms with Crippen molar-refractivity contribution in [3.8, 4) is 0 Å². The highest BCUT2D eigenvalue weighted by Gasteiger charge is 2.18. The molecule has 0 fully saturated rings. The van der Waals surface area contributed by atoms with Gasteiger partial charge in [-0.1, -0.05) is 12.1 Å². The van der Waals surface area contributed by atoms with Crippen LogP contribution in [-0.2, 0) is 6.54 Å². The van der Waals surface area contributed by atoms with E-state index in [2.05, 4.69) is 28.6 Å². The summed E-state index contributed by atoms with van der Waals surface area (Å²) in [6, 6.07) is 2.05. The van der Waals surface area contributed by atoms with Crippen molar-refractivity contribution in [3.05, 3.63) is 34.5 Å². The first-order chi connectivity index (χ1) is 9.88. The lowest BCUT2D eigenvalue weighted by atomic mass is 10.1. The number of aryl methyl sites for hydroxylation is 4. The zero-order chi connectivity index (χ0) is 15.6.